The maximum Gasteiger partial charge on any atom is 0.285 e. The fourth-order valence-corrected chi connectivity index (χ4v) is 1.78. The Hall–Kier alpha value is -1.56. The second-order valence-electron chi connectivity index (χ2n) is 3.77. The Bertz CT molecular complexity index is 659. The second-order valence-corrected chi connectivity index (χ2v) is 4.14. The monoisotopic (exact) mass is 239 g/mol. The number of pyridine rings is 1. The van der Waals surface area contributed by atoms with Crippen molar-refractivity contribution in [2.45, 2.75) is 19.9 Å². The summed E-state index contributed by atoms with van der Waals surface area (Å²) in [5.74, 6) is -0.818. The molecule has 1 N–H and O–H groups in total. The van der Waals surface area contributed by atoms with Gasteiger partial charge < -0.3 is 9.55 Å². The molecule has 16 heavy (non-hydrogen) atoms. The number of fused-ring (bicyclic) bond motifs is 1. The van der Waals surface area contributed by atoms with Crippen molar-refractivity contribution in [2.24, 2.45) is 0 Å². The zero-order chi connectivity index (χ0) is 11.9. The molecule has 84 valence electrons. The highest BCUT2D eigenvalue weighted by atomic mass is 32.1. The van der Waals surface area contributed by atoms with Gasteiger partial charge in [-0.1, -0.05) is 0 Å². The van der Waals surface area contributed by atoms with Crippen LogP contribution in [0.25, 0.3) is 11.0 Å². The molecule has 0 aliphatic rings. The predicted molar refractivity (Wildman–Crippen MR) is 61.5 cm³/mol. The molecule has 6 heteroatoms. The van der Waals surface area contributed by atoms with Crippen LogP contribution in [0.5, 0.6) is 0 Å². The van der Waals surface area contributed by atoms with Gasteiger partial charge in [-0.05, 0) is 32.1 Å². The highest BCUT2D eigenvalue weighted by Crippen LogP contribution is 2.12. The van der Waals surface area contributed by atoms with Gasteiger partial charge in [0, 0.05) is 17.6 Å². The highest BCUT2D eigenvalue weighted by Gasteiger charge is 2.06. The quantitative estimate of drug-likeness (QED) is 0.776. The van der Waals surface area contributed by atoms with Crippen molar-refractivity contribution in [1.29, 1.82) is 0 Å². The number of H-pyrrole nitrogens is 1. The zero-order valence-corrected chi connectivity index (χ0v) is 9.64. The van der Waals surface area contributed by atoms with Crippen molar-refractivity contribution < 1.29 is 4.39 Å². The zero-order valence-electron chi connectivity index (χ0n) is 8.82. The van der Waals surface area contributed by atoms with E-state index in [9.17, 15) is 9.18 Å². The molecule has 0 aromatic carbocycles. The minimum absolute atomic E-state index is 0.138. The Labute approximate surface area is 95.8 Å². The summed E-state index contributed by atoms with van der Waals surface area (Å²) >= 11 is 5.07. The van der Waals surface area contributed by atoms with Crippen LogP contribution in [0, 0.1) is 10.6 Å². The Morgan fingerprint density at radius 1 is 1.56 bits per heavy atom. The third-order valence-corrected chi connectivity index (χ3v) is 2.57. The number of aromatic nitrogens is 3. The van der Waals surface area contributed by atoms with Crippen LogP contribution in [-0.4, -0.2) is 14.5 Å². The molecule has 0 saturated carbocycles. The van der Waals surface area contributed by atoms with Crippen LogP contribution >= 0.6 is 12.2 Å². The second kappa shape index (κ2) is 3.79. The summed E-state index contributed by atoms with van der Waals surface area (Å²) in [6, 6.07) is 1.30. The Morgan fingerprint density at radius 3 is 2.88 bits per heavy atom. The Kier molecular flexibility index (Phi) is 2.59. The summed E-state index contributed by atoms with van der Waals surface area (Å²) in [5.41, 5.74) is -0.468. The number of rotatable bonds is 1. The van der Waals surface area contributed by atoms with Crippen molar-refractivity contribution in [2.75, 3.05) is 0 Å². The lowest BCUT2D eigenvalue weighted by molar-refractivity contribution is 0.579. The van der Waals surface area contributed by atoms with Gasteiger partial charge in [-0.3, -0.25) is 4.79 Å². The number of hydrogen-bond donors (Lipinski definition) is 1. The maximum absolute atomic E-state index is 13.1. The lowest BCUT2D eigenvalue weighted by Crippen LogP contribution is -2.13. The molecule has 2 aromatic rings. The molecule has 2 aromatic heterocycles. The van der Waals surface area contributed by atoms with Crippen LogP contribution in [-0.2, 0) is 0 Å². The van der Waals surface area contributed by atoms with E-state index in [1.165, 1.54) is 0 Å². The molecule has 0 saturated heterocycles. The van der Waals surface area contributed by atoms with E-state index < -0.39 is 11.4 Å². The summed E-state index contributed by atoms with van der Waals surface area (Å²) in [7, 11) is 0. The van der Waals surface area contributed by atoms with Crippen LogP contribution in [0.3, 0.4) is 0 Å². The maximum atomic E-state index is 13.1. The van der Waals surface area contributed by atoms with E-state index in [-0.39, 0.29) is 6.04 Å². The summed E-state index contributed by atoms with van der Waals surface area (Å²) in [6.45, 7) is 3.90. The van der Waals surface area contributed by atoms with E-state index in [2.05, 4.69) is 9.97 Å². The molecule has 0 fully saturated rings. The first-order valence-electron chi connectivity index (χ1n) is 4.81. The summed E-state index contributed by atoms with van der Waals surface area (Å²) in [4.78, 5) is 17.4. The lowest BCUT2D eigenvalue weighted by Gasteiger charge is -2.10. The minimum atomic E-state index is -0.818. The highest BCUT2D eigenvalue weighted by molar-refractivity contribution is 7.71. The molecule has 0 bridgehead atoms. The van der Waals surface area contributed by atoms with Crippen LogP contribution in [0.15, 0.2) is 17.1 Å². The average Bonchev–Trinajstić information content (AvgIpc) is 2.19. The minimum Gasteiger partial charge on any atom is -0.321 e. The van der Waals surface area contributed by atoms with Crippen LogP contribution in [0.2, 0.25) is 0 Å². The standard InChI is InChI=1S/C10H10FN3OS/c1-5(2)14-4-6-3-7(11)9(15)12-8(6)13-10(14)16/h3-5H,1-2H3,(H,12,13,15,16). The van der Waals surface area contributed by atoms with Crippen LogP contribution < -0.4 is 5.56 Å². The Balaban J connectivity index is 2.85. The fourth-order valence-electron chi connectivity index (χ4n) is 1.43. The molecule has 2 rings (SSSR count). The topological polar surface area (TPSA) is 50.7 Å². The van der Waals surface area contributed by atoms with Gasteiger partial charge in [0.25, 0.3) is 5.56 Å². The first-order chi connectivity index (χ1) is 7.49. The molecule has 0 atom stereocenters. The first-order valence-corrected chi connectivity index (χ1v) is 5.21. The van der Waals surface area contributed by atoms with Gasteiger partial charge in [-0.2, -0.15) is 0 Å². The number of aromatic amines is 1. The summed E-state index contributed by atoms with van der Waals surface area (Å²) in [6.07, 6.45) is 1.69. The van der Waals surface area contributed by atoms with Crippen LogP contribution in [0.4, 0.5) is 4.39 Å². The molecule has 0 spiro atoms. The van der Waals surface area contributed by atoms with Gasteiger partial charge in [-0.15, -0.1) is 0 Å². The van der Waals surface area contributed by atoms with Crippen molar-refractivity contribution in [3.8, 4) is 0 Å². The van der Waals surface area contributed by atoms with Gasteiger partial charge in [0.15, 0.2) is 5.82 Å². The van der Waals surface area contributed by atoms with Crippen molar-refractivity contribution in [1.82, 2.24) is 14.5 Å². The Morgan fingerprint density at radius 2 is 2.25 bits per heavy atom. The molecule has 0 unspecified atom stereocenters. The average molecular weight is 239 g/mol. The third-order valence-electron chi connectivity index (χ3n) is 2.27. The largest absolute Gasteiger partial charge is 0.321 e. The molecular weight excluding hydrogens is 229 g/mol. The van der Waals surface area contributed by atoms with E-state index >= 15 is 0 Å². The van der Waals surface area contributed by atoms with Gasteiger partial charge in [-0.25, -0.2) is 9.37 Å². The number of halogens is 1. The first kappa shape index (κ1) is 10.9. The van der Waals surface area contributed by atoms with Crippen molar-refractivity contribution in [3.63, 3.8) is 0 Å². The van der Waals surface area contributed by atoms with Gasteiger partial charge in [0.05, 0.1) is 0 Å². The SMILES string of the molecule is CC(C)n1cc2cc(F)c(=O)[nH]c2nc1=S. The number of nitrogens with one attached hydrogen (secondary N) is 1. The molecule has 2 heterocycles. The molecule has 0 amide bonds. The summed E-state index contributed by atoms with van der Waals surface area (Å²) < 4.78 is 15.2. The van der Waals surface area contributed by atoms with Crippen molar-refractivity contribution in [3.05, 3.63) is 33.2 Å². The normalized spacial score (nSPS) is 11.2. The smallest absolute Gasteiger partial charge is 0.285 e. The molecule has 0 aliphatic carbocycles. The van der Waals surface area contributed by atoms with Gasteiger partial charge >= 0.3 is 0 Å². The predicted octanol–water partition coefficient (Wildman–Crippen LogP) is 2.17. The third kappa shape index (κ3) is 1.76. The fraction of sp³-hybridized carbons (Fsp3) is 0.300. The van der Waals surface area contributed by atoms with Gasteiger partial charge in [0.1, 0.15) is 5.65 Å². The molecule has 0 radical (unpaired) electrons. The van der Waals surface area contributed by atoms with Crippen LogP contribution in [0.1, 0.15) is 19.9 Å². The van der Waals surface area contributed by atoms with E-state index in [1.54, 1.807) is 10.8 Å². The van der Waals surface area contributed by atoms with E-state index in [0.717, 1.165) is 6.07 Å². The number of hydrogen-bond acceptors (Lipinski definition) is 3. The molecule has 0 aliphatic heterocycles. The van der Waals surface area contributed by atoms with Gasteiger partial charge in [0.2, 0.25) is 4.77 Å². The molecular formula is C10H10FN3OS. The van der Waals surface area contributed by atoms with Crippen molar-refractivity contribution >= 4 is 23.3 Å². The van der Waals surface area contributed by atoms with E-state index in [0.29, 0.717) is 15.8 Å². The van der Waals surface area contributed by atoms with E-state index in [1.807, 2.05) is 13.8 Å². The lowest BCUT2D eigenvalue weighted by atomic mass is 10.3. The summed E-state index contributed by atoms with van der Waals surface area (Å²) in [5, 5.41) is 0.527. The molecule has 4 nitrogen and oxygen atoms in total. The number of nitrogens with zero attached hydrogens (tertiary/aromatic N) is 2. The van der Waals surface area contributed by atoms with E-state index in [4.69, 9.17) is 12.2 Å².